The van der Waals surface area contributed by atoms with Gasteiger partial charge in [0.15, 0.2) is 0 Å². The maximum Gasteiger partial charge on any atom is 0.241 e. The molecule has 0 atom stereocenters. The highest BCUT2D eigenvalue weighted by Crippen LogP contribution is 2.29. The van der Waals surface area contributed by atoms with E-state index in [0.717, 1.165) is 27.8 Å². The maximum absolute atomic E-state index is 13.0. The number of sulfonamides is 1. The van der Waals surface area contributed by atoms with Gasteiger partial charge in [0.1, 0.15) is 0 Å². The molecule has 5 nitrogen and oxygen atoms in total. The second-order valence-corrected chi connectivity index (χ2v) is 7.88. The maximum atomic E-state index is 13.0. The Bertz CT molecular complexity index is 861. The van der Waals surface area contributed by atoms with Gasteiger partial charge in [0.25, 0.3) is 0 Å². The molecule has 1 aromatic carbocycles. The SMILES string of the molecule is CCOc1ncccc1CNS(=O)(=O)c1c(C)c(C)c(C)c(C)c1C. The largest absolute Gasteiger partial charge is 0.478 e. The lowest BCUT2D eigenvalue weighted by Crippen LogP contribution is -2.26. The van der Waals surface area contributed by atoms with Crippen molar-refractivity contribution in [3.8, 4) is 5.88 Å². The number of pyridine rings is 1. The Morgan fingerprint density at radius 3 is 2.12 bits per heavy atom. The Morgan fingerprint density at radius 2 is 1.56 bits per heavy atom. The highest BCUT2D eigenvalue weighted by Gasteiger charge is 2.23. The molecule has 0 saturated heterocycles. The standard InChI is InChI=1S/C19H26N2O3S/c1-7-24-19-17(9-8-10-20-19)11-21-25(22,23)18-15(5)13(3)12(2)14(4)16(18)6/h8-10,21H,7,11H2,1-6H3. The van der Waals surface area contributed by atoms with Crippen LogP contribution < -0.4 is 9.46 Å². The van der Waals surface area contributed by atoms with Gasteiger partial charge in [0.05, 0.1) is 11.5 Å². The molecule has 0 aliphatic rings. The molecule has 1 heterocycles. The Morgan fingerprint density at radius 1 is 1.00 bits per heavy atom. The third-order valence-corrected chi connectivity index (χ3v) is 6.46. The summed E-state index contributed by atoms with van der Waals surface area (Å²) in [6.07, 6.45) is 1.63. The predicted octanol–water partition coefficient (Wildman–Crippen LogP) is 3.50. The molecule has 1 aromatic heterocycles. The zero-order chi connectivity index (χ0) is 18.8. The van der Waals surface area contributed by atoms with Crippen molar-refractivity contribution in [1.82, 2.24) is 9.71 Å². The Labute approximate surface area is 150 Å². The lowest BCUT2D eigenvalue weighted by atomic mass is 9.95. The Kier molecular flexibility index (Phi) is 5.85. The van der Waals surface area contributed by atoms with Gasteiger partial charge in [0.2, 0.25) is 15.9 Å². The Hall–Kier alpha value is -1.92. The van der Waals surface area contributed by atoms with Gasteiger partial charge in [-0.15, -0.1) is 0 Å². The van der Waals surface area contributed by atoms with Crippen molar-refractivity contribution in [2.24, 2.45) is 0 Å². The van der Waals surface area contributed by atoms with Crippen LogP contribution in [-0.2, 0) is 16.6 Å². The fourth-order valence-electron chi connectivity index (χ4n) is 2.94. The molecule has 6 heteroatoms. The van der Waals surface area contributed by atoms with E-state index in [2.05, 4.69) is 9.71 Å². The first-order valence-corrected chi connectivity index (χ1v) is 9.82. The monoisotopic (exact) mass is 362 g/mol. The highest BCUT2D eigenvalue weighted by molar-refractivity contribution is 7.89. The van der Waals surface area contributed by atoms with Gasteiger partial charge in [-0.1, -0.05) is 6.07 Å². The molecule has 2 aromatic rings. The number of benzene rings is 1. The number of ether oxygens (including phenoxy) is 1. The Balaban J connectivity index is 2.39. The molecule has 0 unspecified atom stereocenters. The summed E-state index contributed by atoms with van der Waals surface area (Å²) in [4.78, 5) is 4.53. The predicted molar refractivity (Wildman–Crippen MR) is 99.6 cm³/mol. The van der Waals surface area contributed by atoms with Crippen LogP contribution in [0.4, 0.5) is 0 Å². The second-order valence-electron chi connectivity index (χ2n) is 6.18. The molecule has 0 radical (unpaired) electrons. The summed E-state index contributed by atoms with van der Waals surface area (Å²) >= 11 is 0. The van der Waals surface area contributed by atoms with Gasteiger partial charge in [-0.2, -0.15) is 0 Å². The average molecular weight is 362 g/mol. The molecule has 1 N–H and O–H groups in total. The van der Waals surface area contributed by atoms with E-state index in [9.17, 15) is 8.42 Å². The van der Waals surface area contributed by atoms with E-state index in [0.29, 0.717) is 22.9 Å². The summed E-state index contributed by atoms with van der Waals surface area (Å²) in [7, 11) is -3.65. The van der Waals surface area contributed by atoms with Crippen LogP contribution in [0, 0.1) is 34.6 Å². The lowest BCUT2D eigenvalue weighted by Gasteiger charge is -2.19. The fraction of sp³-hybridized carbons (Fsp3) is 0.421. The summed E-state index contributed by atoms with van der Waals surface area (Å²) in [5, 5.41) is 0. The van der Waals surface area contributed by atoms with E-state index in [1.807, 2.05) is 47.6 Å². The minimum absolute atomic E-state index is 0.135. The van der Waals surface area contributed by atoms with Crippen molar-refractivity contribution in [1.29, 1.82) is 0 Å². The first kappa shape index (κ1) is 19.4. The van der Waals surface area contributed by atoms with E-state index in [-0.39, 0.29) is 6.54 Å². The summed E-state index contributed by atoms with van der Waals surface area (Å²) in [5.41, 5.74) is 5.47. The normalized spacial score (nSPS) is 11.6. The van der Waals surface area contributed by atoms with Crippen LogP contribution in [0.15, 0.2) is 23.2 Å². The van der Waals surface area contributed by atoms with Gasteiger partial charge in [-0.25, -0.2) is 18.1 Å². The van der Waals surface area contributed by atoms with Gasteiger partial charge in [-0.05, 0) is 75.4 Å². The highest BCUT2D eigenvalue weighted by atomic mass is 32.2. The van der Waals surface area contributed by atoms with E-state index >= 15 is 0 Å². The summed E-state index contributed by atoms with van der Waals surface area (Å²) in [6.45, 7) is 12.2. The third kappa shape index (κ3) is 3.85. The molecule has 25 heavy (non-hydrogen) atoms. The van der Waals surface area contributed by atoms with E-state index in [1.165, 1.54) is 0 Å². The van der Waals surface area contributed by atoms with Crippen molar-refractivity contribution < 1.29 is 13.2 Å². The van der Waals surface area contributed by atoms with Crippen LogP contribution in [0.1, 0.15) is 40.3 Å². The van der Waals surface area contributed by atoms with Crippen molar-refractivity contribution in [3.63, 3.8) is 0 Å². The molecule has 0 saturated carbocycles. The molecule has 0 amide bonds. The molecular weight excluding hydrogens is 336 g/mol. The molecule has 0 aliphatic heterocycles. The first-order chi connectivity index (χ1) is 11.7. The summed E-state index contributed by atoms with van der Waals surface area (Å²) in [6, 6.07) is 3.58. The van der Waals surface area contributed by atoms with Crippen LogP contribution in [0.2, 0.25) is 0 Å². The van der Waals surface area contributed by atoms with Crippen molar-refractivity contribution in [2.45, 2.75) is 53.0 Å². The minimum atomic E-state index is -3.65. The van der Waals surface area contributed by atoms with Crippen LogP contribution in [-0.4, -0.2) is 20.0 Å². The van der Waals surface area contributed by atoms with E-state index in [1.54, 1.807) is 12.3 Å². The van der Waals surface area contributed by atoms with Gasteiger partial charge in [-0.3, -0.25) is 0 Å². The number of aromatic nitrogens is 1. The molecule has 0 bridgehead atoms. The lowest BCUT2D eigenvalue weighted by molar-refractivity contribution is 0.322. The van der Waals surface area contributed by atoms with Gasteiger partial charge < -0.3 is 4.74 Å². The molecule has 0 fully saturated rings. The third-order valence-electron chi connectivity index (χ3n) is 4.78. The smallest absolute Gasteiger partial charge is 0.241 e. The van der Waals surface area contributed by atoms with Crippen LogP contribution in [0.25, 0.3) is 0 Å². The quantitative estimate of drug-likeness (QED) is 0.854. The van der Waals surface area contributed by atoms with Crippen molar-refractivity contribution in [3.05, 3.63) is 51.7 Å². The van der Waals surface area contributed by atoms with Crippen LogP contribution >= 0.6 is 0 Å². The number of nitrogens with zero attached hydrogens (tertiary/aromatic N) is 1. The second kappa shape index (κ2) is 7.54. The average Bonchev–Trinajstić information content (AvgIpc) is 2.58. The molecule has 2 rings (SSSR count). The van der Waals surface area contributed by atoms with Crippen molar-refractivity contribution >= 4 is 10.0 Å². The zero-order valence-electron chi connectivity index (χ0n) is 15.7. The minimum Gasteiger partial charge on any atom is -0.478 e. The van der Waals surface area contributed by atoms with Crippen LogP contribution in [0.5, 0.6) is 5.88 Å². The van der Waals surface area contributed by atoms with E-state index in [4.69, 9.17) is 4.74 Å². The van der Waals surface area contributed by atoms with Gasteiger partial charge >= 0.3 is 0 Å². The fourth-order valence-corrected chi connectivity index (χ4v) is 4.54. The first-order valence-electron chi connectivity index (χ1n) is 8.34. The van der Waals surface area contributed by atoms with Crippen molar-refractivity contribution in [2.75, 3.05) is 6.61 Å². The number of rotatable bonds is 6. The molecule has 0 spiro atoms. The van der Waals surface area contributed by atoms with E-state index < -0.39 is 10.0 Å². The molecular formula is C19H26N2O3S. The number of hydrogen-bond acceptors (Lipinski definition) is 4. The molecule has 136 valence electrons. The van der Waals surface area contributed by atoms with Crippen LogP contribution in [0.3, 0.4) is 0 Å². The zero-order valence-corrected chi connectivity index (χ0v) is 16.5. The summed E-state index contributed by atoms with van der Waals surface area (Å²) < 4.78 is 34.1. The number of hydrogen-bond donors (Lipinski definition) is 1. The topological polar surface area (TPSA) is 68.3 Å². The molecule has 0 aliphatic carbocycles. The summed E-state index contributed by atoms with van der Waals surface area (Å²) in [5.74, 6) is 0.456. The van der Waals surface area contributed by atoms with Gasteiger partial charge in [0, 0.05) is 18.3 Å². The number of nitrogens with one attached hydrogen (secondary N) is 1.